The third-order valence-electron chi connectivity index (χ3n) is 0.966. The average molecular weight is 309 g/mol. The highest BCUT2D eigenvalue weighted by Crippen LogP contribution is 1.91. The molecule has 0 aliphatic carbocycles. The van der Waals surface area contributed by atoms with Crippen molar-refractivity contribution < 1.29 is 16.5 Å². The normalized spacial score (nSPS) is 16.0. The zero-order valence-electron chi connectivity index (χ0n) is 7.58. The maximum Gasteiger partial charge on any atom is 0.285 e. The van der Waals surface area contributed by atoms with Gasteiger partial charge in [0.25, 0.3) is 20.0 Å². The van der Waals surface area contributed by atoms with Crippen molar-refractivity contribution >= 4 is 78.0 Å². The van der Waals surface area contributed by atoms with Gasteiger partial charge in [0, 0.05) is 0 Å². The van der Waals surface area contributed by atoms with E-state index in [0.29, 0.717) is 0 Å². The van der Waals surface area contributed by atoms with Gasteiger partial charge in [0.15, 0.2) is 0 Å². The highest BCUT2D eigenvalue weighted by atomic mass is 32.5. The van der Waals surface area contributed by atoms with Gasteiger partial charge >= 0.3 is 0 Å². The monoisotopic (exact) mass is 308 g/mol. The number of hydrogen-bond acceptors (Lipinski definition) is 5. The van der Waals surface area contributed by atoms with E-state index in [0.717, 1.165) is 21.0 Å². The molecule has 0 rings (SSSR count). The second-order valence-corrected chi connectivity index (χ2v) is 23.5. The number of rotatable bonds is 9. The summed E-state index contributed by atoms with van der Waals surface area (Å²) in [6.45, 7) is 0. The first-order valence-corrected chi connectivity index (χ1v) is 17.3. The number of hydrogen-bond donors (Lipinski definition) is 0. The van der Waals surface area contributed by atoms with E-state index in [2.05, 4.69) is 10.7 Å². The Morgan fingerprint density at radius 1 is 1.00 bits per heavy atom. The fraction of sp³-hybridized carbons (Fsp3) is 0. The predicted octanol–water partition coefficient (Wildman–Crippen LogP) is -6.57. The molecular weight excluding hydrogens is 293 g/mol. The maximum atomic E-state index is 5.48. The van der Waals surface area contributed by atoms with Gasteiger partial charge in [-0.25, -0.2) is 0 Å². The van der Waals surface area contributed by atoms with Crippen LogP contribution in [0.3, 0.4) is 0 Å². The summed E-state index contributed by atoms with van der Waals surface area (Å²) >= 11 is 0. The molecule has 0 aliphatic rings. The average Bonchev–Trinajstić information content (AvgIpc) is 2.10. The van der Waals surface area contributed by atoms with Crippen molar-refractivity contribution in [2.75, 3.05) is 0 Å². The van der Waals surface area contributed by atoms with E-state index in [1.807, 2.05) is 0 Å². The summed E-state index contributed by atoms with van der Waals surface area (Å²) in [5.74, 6) is 0. The molecule has 0 amide bonds. The molecule has 4 nitrogen and oxygen atoms in total. The first kappa shape index (κ1) is 13.7. The standard InChI is InChI=1S/H16O4SSi7/c6-1-8-3-9-4-10-5-12-11-2-7/h8-12H2,6-7H3. The molecule has 0 unspecified atom stereocenters. The summed E-state index contributed by atoms with van der Waals surface area (Å²) in [6, 6.07) is 0. The van der Waals surface area contributed by atoms with Crippen LogP contribution in [-0.2, 0) is 16.5 Å². The van der Waals surface area contributed by atoms with Crippen molar-refractivity contribution in [1.82, 2.24) is 0 Å². The van der Waals surface area contributed by atoms with Gasteiger partial charge in [-0.05, 0) is 0 Å². The molecule has 0 saturated heterocycles. The summed E-state index contributed by atoms with van der Waals surface area (Å²) < 4.78 is 21.0. The topological polar surface area (TPSA) is 36.9 Å². The lowest BCUT2D eigenvalue weighted by Gasteiger charge is -2.03. The molecule has 0 heterocycles. The zero-order chi connectivity index (χ0) is 9.07. The van der Waals surface area contributed by atoms with E-state index in [1.54, 1.807) is 0 Å². The van der Waals surface area contributed by atoms with E-state index in [4.69, 9.17) is 16.5 Å². The Kier molecular flexibility index (Phi) is 14.5. The van der Waals surface area contributed by atoms with Crippen LogP contribution in [0.2, 0.25) is 0 Å². The zero-order valence-corrected chi connectivity index (χ0v) is 19.5. The molecule has 12 heteroatoms. The van der Waals surface area contributed by atoms with Crippen molar-refractivity contribution in [2.45, 2.75) is 0 Å². The largest absolute Gasteiger partial charge is 0.470 e. The predicted molar refractivity (Wildman–Crippen MR) is 74.5 cm³/mol. The molecule has 0 spiro atoms. The molecular formula is H16O4SSi7. The summed E-state index contributed by atoms with van der Waals surface area (Å²) in [4.78, 5) is 0. The van der Waals surface area contributed by atoms with Crippen molar-refractivity contribution in [3.8, 4) is 0 Å². The molecule has 0 atom stereocenters. The Hall–Kier alpha value is 1.71. The smallest absolute Gasteiger partial charge is 0.285 e. The van der Waals surface area contributed by atoms with Crippen LogP contribution in [0.4, 0.5) is 0 Å². The highest BCUT2D eigenvalue weighted by molar-refractivity contribution is 8.43. The van der Waals surface area contributed by atoms with Crippen molar-refractivity contribution in [3.63, 3.8) is 0 Å². The molecule has 0 aromatic rings. The Morgan fingerprint density at radius 3 is 2.50 bits per heavy atom. The van der Waals surface area contributed by atoms with Crippen LogP contribution < -0.4 is 0 Å². The van der Waals surface area contributed by atoms with Crippen LogP contribution in [0.25, 0.3) is 0 Å². The molecule has 74 valence electrons. The molecule has 0 aromatic carbocycles. The van der Waals surface area contributed by atoms with Crippen LogP contribution in [0.5, 0.6) is 0 Å². The molecule has 0 aliphatic heterocycles. The van der Waals surface area contributed by atoms with Crippen LogP contribution in [-0.4, -0.2) is 67.4 Å². The van der Waals surface area contributed by atoms with Gasteiger partial charge in [-0.3, -0.25) is 0 Å². The van der Waals surface area contributed by atoms with Crippen LogP contribution in [0.1, 0.15) is 0 Å². The van der Waals surface area contributed by atoms with Gasteiger partial charge in [0.1, 0.15) is 30.3 Å². The van der Waals surface area contributed by atoms with Crippen LogP contribution >= 0.6 is 10.7 Å². The highest BCUT2D eigenvalue weighted by Gasteiger charge is 1.92. The summed E-state index contributed by atoms with van der Waals surface area (Å²) in [6.07, 6.45) is 0. The fourth-order valence-electron chi connectivity index (χ4n) is 0.470. The van der Waals surface area contributed by atoms with E-state index in [1.165, 1.54) is 0 Å². The molecule has 0 fully saturated rings. The van der Waals surface area contributed by atoms with Gasteiger partial charge in [-0.1, -0.05) is 0 Å². The second-order valence-electron chi connectivity index (χ2n) is 1.95. The lowest BCUT2D eigenvalue weighted by Crippen LogP contribution is -2.13. The first-order chi connectivity index (χ1) is 5.91. The second kappa shape index (κ2) is 12.7. The molecule has 12 heavy (non-hydrogen) atoms. The Balaban J connectivity index is 2.73. The maximum absolute atomic E-state index is 5.48. The minimum absolute atomic E-state index is 0.0397. The summed E-state index contributed by atoms with van der Waals surface area (Å²) in [7, 11) is 2.43. The lowest BCUT2D eigenvalue weighted by atomic mass is 15.7. The van der Waals surface area contributed by atoms with Crippen molar-refractivity contribution in [1.29, 1.82) is 0 Å². The SMILES string of the molecule is [SiH3]O[SiH2]O[SiH2]O[SiH2]S[SiH2][SiH2]O[SiH3]. The molecule has 0 bridgehead atoms. The molecule has 0 N–H and O–H groups in total. The van der Waals surface area contributed by atoms with Gasteiger partial charge in [-0.15, -0.1) is 0 Å². The quantitative estimate of drug-likeness (QED) is 0.313. The fourth-order valence-corrected chi connectivity index (χ4v) is 26.1. The van der Waals surface area contributed by atoms with E-state index < -0.39 is 20.0 Å². The van der Waals surface area contributed by atoms with E-state index >= 15 is 0 Å². The summed E-state index contributed by atoms with van der Waals surface area (Å²) in [5.41, 5.74) is 0. The minimum atomic E-state index is -0.629. The van der Waals surface area contributed by atoms with Crippen LogP contribution in [0.15, 0.2) is 0 Å². The third-order valence-corrected chi connectivity index (χ3v) is 27.3. The molecule has 0 radical (unpaired) electrons. The van der Waals surface area contributed by atoms with E-state index in [-0.39, 0.29) is 26.4 Å². The van der Waals surface area contributed by atoms with Gasteiger partial charge in [0.2, 0.25) is 8.91 Å². The van der Waals surface area contributed by atoms with Gasteiger partial charge in [0.05, 0.1) is 8.19 Å². The van der Waals surface area contributed by atoms with Gasteiger partial charge < -0.3 is 16.5 Å². The minimum Gasteiger partial charge on any atom is -0.470 e. The summed E-state index contributed by atoms with van der Waals surface area (Å²) in [5, 5.41) is 0. The Morgan fingerprint density at radius 2 is 1.83 bits per heavy atom. The third kappa shape index (κ3) is 11.7. The molecule has 0 aromatic heterocycles. The Bertz CT molecular complexity index is 71.8. The van der Waals surface area contributed by atoms with Crippen molar-refractivity contribution in [2.24, 2.45) is 0 Å². The van der Waals surface area contributed by atoms with E-state index in [9.17, 15) is 0 Å². The first-order valence-electron chi connectivity index (χ1n) is 3.63. The Labute approximate surface area is 94.2 Å². The van der Waals surface area contributed by atoms with Gasteiger partial charge in [-0.2, -0.15) is 10.7 Å². The lowest BCUT2D eigenvalue weighted by molar-refractivity contribution is 0.442. The van der Waals surface area contributed by atoms with Crippen molar-refractivity contribution in [3.05, 3.63) is 0 Å². The molecule has 0 saturated carbocycles. The van der Waals surface area contributed by atoms with Crippen LogP contribution in [0, 0.1) is 0 Å².